The molecule has 18 heteroatoms. The number of fused-ring (bicyclic) bond motifs is 2. The van der Waals surface area contributed by atoms with Gasteiger partial charge >= 0.3 is 11.4 Å². The van der Waals surface area contributed by atoms with Gasteiger partial charge in [0.05, 0.1) is 31.6 Å². The van der Waals surface area contributed by atoms with Crippen molar-refractivity contribution in [2.45, 2.75) is 9.79 Å². The van der Waals surface area contributed by atoms with Crippen molar-refractivity contribution in [3.63, 3.8) is 0 Å². The van der Waals surface area contributed by atoms with Crippen LogP contribution in [0.15, 0.2) is 159 Å². The van der Waals surface area contributed by atoms with Gasteiger partial charge in [0, 0.05) is 20.1 Å². The zero-order chi connectivity index (χ0) is 41.5. The maximum atomic E-state index is 12.4. The summed E-state index contributed by atoms with van der Waals surface area (Å²) in [6.45, 7) is 0. The SMILES string of the molecule is NS(=O)(=O)c1ccc(-c2cc(-c3ccc(Br)cc3)cc3c(=O)[nH]c(=O)[nH]c23)cc1.NS(=O)(=O)c1ccc(-c2cc(-c3ccc(Br)cc3)cc3c(=O)[nH]c(=O)[nH]c23)cc1. The zero-order valence-electron chi connectivity index (χ0n) is 29.5. The number of nitrogens with one attached hydrogen (secondary N) is 4. The largest absolute Gasteiger partial charge is 0.326 e. The number of sulfonamides is 2. The number of aromatic nitrogens is 4. The second-order valence-corrected chi connectivity index (χ2v) is 17.8. The smallest absolute Gasteiger partial charge is 0.306 e. The van der Waals surface area contributed by atoms with E-state index >= 15 is 0 Å². The highest BCUT2D eigenvalue weighted by Gasteiger charge is 2.16. The molecular formula is C40H28Br2N6O8S2. The van der Waals surface area contributed by atoms with E-state index in [0.29, 0.717) is 44.1 Å². The van der Waals surface area contributed by atoms with Crippen molar-refractivity contribution in [3.8, 4) is 44.5 Å². The second kappa shape index (κ2) is 15.7. The summed E-state index contributed by atoms with van der Waals surface area (Å²) < 4.78 is 48.0. The molecule has 0 saturated carbocycles. The average molecular weight is 945 g/mol. The van der Waals surface area contributed by atoms with E-state index in [9.17, 15) is 36.0 Å². The summed E-state index contributed by atoms with van der Waals surface area (Å²) in [6, 6.07) is 34.1. The molecule has 8 N–H and O–H groups in total. The Kier molecular flexibility index (Phi) is 10.9. The van der Waals surface area contributed by atoms with Crippen molar-refractivity contribution in [3.05, 3.63) is 172 Å². The minimum atomic E-state index is -3.83. The monoisotopic (exact) mass is 942 g/mol. The molecule has 292 valence electrons. The van der Waals surface area contributed by atoms with Gasteiger partial charge in [-0.1, -0.05) is 80.4 Å². The van der Waals surface area contributed by atoms with Crippen molar-refractivity contribution in [2.24, 2.45) is 10.3 Å². The molecule has 14 nitrogen and oxygen atoms in total. The van der Waals surface area contributed by atoms with Gasteiger partial charge < -0.3 is 9.97 Å². The highest BCUT2D eigenvalue weighted by atomic mass is 79.9. The Morgan fingerprint density at radius 1 is 0.397 bits per heavy atom. The molecule has 6 aromatic carbocycles. The molecule has 0 aliphatic rings. The van der Waals surface area contributed by atoms with E-state index in [1.165, 1.54) is 24.3 Å². The lowest BCUT2D eigenvalue weighted by atomic mass is 9.96. The lowest BCUT2D eigenvalue weighted by Gasteiger charge is -2.11. The zero-order valence-corrected chi connectivity index (χ0v) is 34.3. The van der Waals surface area contributed by atoms with Crippen LogP contribution in [0.25, 0.3) is 66.3 Å². The fourth-order valence-electron chi connectivity index (χ4n) is 6.26. The van der Waals surface area contributed by atoms with Crippen LogP contribution in [0.3, 0.4) is 0 Å². The number of halogens is 2. The third-order valence-electron chi connectivity index (χ3n) is 9.04. The minimum Gasteiger partial charge on any atom is -0.306 e. The molecule has 0 unspecified atom stereocenters. The van der Waals surface area contributed by atoms with Crippen LogP contribution in [0.4, 0.5) is 0 Å². The van der Waals surface area contributed by atoms with Crippen molar-refractivity contribution < 1.29 is 16.8 Å². The van der Waals surface area contributed by atoms with Gasteiger partial charge in [0.2, 0.25) is 20.0 Å². The minimum absolute atomic E-state index is 0.0269. The molecule has 8 rings (SSSR count). The number of aromatic amines is 4. The van der Waals surface area contributed by atoms with E-state index in [4.69, 9.17) is 10.3 Å². The van der Waals surface area contributed by atoms with E-state index in [0.717, 1.165) is 31.2 Å². The first-order valence-electron chi connectivity index (χ1n) is 16.8. The van der Waals surface area contributed by atoms with Crippen molar-refractivity contribution in [1.29, 1.82) is 0 Å². The van der Waals surface area contributed by atoms with Gasteiger partial charge in [0.1, 0.15) is 0 Å². The second-order valence-electron chi connectivity index (χ2n) is 12.9. The van der Waals surface area contributed by atoms with Crippen molar-refractivity contribution >= 4 is 73.7 Å². The normalized spacial score (nSPS) is 11.7. The predicted molar refractivity (Wildman–Crippen MR) is 230 cm³/mol. The molecule has 0 bridgehead atoms. The maximum Gasteiger partial charge on any atom is 0.326 e. The number of hydrogen-bond donors (Lipinski definition) is 6. The Bertz CT molecular complexity index is 3140. The summed E-state index contributed by atoms with van der Waals surface area (Å²) in [5.41, 5.74) is 4.19. The third kappa shape index (κ3) is 8.61. The predicted octanol–water partition coefficient (Wildman–Crippen LogP) is 5.92. The van der Waals surface area contributed by atoms with Gasteiger partial charge in [-0.2, -0.15) is 0 Å². The van der Waals surface area contributed by atoms with Crippen LogP contribution in [0.5, 0.6) is 0 Å². The Balaban J connectivity index is 0.000000177. The molecule has 0 saturated heterocycles. The van der Waals surface area contributed by atoms with Crippen LogP contribution in [0, 0.1) is 0 Å². The van der Waals surface area contributed by atoms with Crippen molar-refractivity contribution in [2.75, 3.05) is 0 Å². The Hall–Kier alpha value is -6.02. The van der Waals surface area contributed by atoms with Gasteiger partial charge in [0.25, 0.3) is 11.1 Å². The molecule has 0 amide bonds. The molecule has 0 aliphatic heterocycles. The first kappa shape index (κ1) is 40.2. The topological polar surface area (TPSA) is 252 Å². The molecule has 2 heterocycles. The summed E-state index contributed by atoms with van der Waals surface area (Å²) in [7, 11) is -7.66. The number of hydrogen-bond acceptors (Lipinski definition) is 8. The molecule has 0 atom stereocenters. The Labute approximate surface area is 345 Å². The molecule has 0 spiro atoms. The Morgan fingerprint density at radius 3 is 1.02 bits per heavy atom. The van der Waals surface area contributed by atoms with Gasteiger partial charge in [-0.25, -0.2) is 36.7 Å². The van der Waals surface area contributed by atoms with Crippen LogP contribution in [0.2, 0.25) is 0 Å². The van der Waals surface area contributed by atoms with E-state index < -0.39 is 42.5 Å². The number of benzene rings is 6. The molecule has 0 fully saturated rings. The van der Waals surface area contributed by atoms with Crippen LogP contribution < -0.4 is 32.8 Å². The number of nitrogens with two attached hydrogens (primary N) is 2. The van der Waals surface area contributed by atoms with Gasteiger partial charge in [-0.3, -0.25) is 19.6 Å². The fourth-order valence-corrected chi connectivity index (χ4v) is 7.82. The molecule has 8 aromatic rings. The Morgan fingerprint density at radius 2 is 0.707 bits per heavy atom. The van der Waals surface area contributed by atoms with Crippen LogP contribution in [-0.2, 0) is 20.0 Å². The van der Waals surface area contributed by atoms with E-state index in [2.05, 4.69) is 51.8 Å². The van der Waals surface area contributed by atoms with Crippen LogP contribution >= 0.6 is 31.9 Å². The lowest BCUT2D eigenvalue weighted by Crippen LogP contribution is -2.22. The van der Waals surface area contributed by atoms with Gasteiger partial charge in [-0.15, -0.1) is 0 Å². The summed E-state index contributed by atoms with van der Waals surface area (Å²) in [5.74, 6) is 0. The molecular weight excluding hydrogens is 916 g/mol. The molecule has 0 radical (unpaired) electrons. The molecule has 0 aliphatic carbocycles. The van der Waals surface area contributed by atoms with Gasteiger partial charge in [0.15, 0.2) is 0 Å². The van der Waals surface area contributed by atoms with Crippen molar-refractivity contribution in [1.82, 2.24) is 19.9 Å². The average Bonchev–Trinajstić information content (AvgIpc) is 3.17. The summed E-state index contributed by atoms with van der Waals surface area (Å²) in [4.78, 5) is 58.3. The first-order valence-corrected chi connectivity index (χ1v) is 21.5. The number of H-pyrrole nitrogens is 4. The third-order valence-corrected chi connectivity index (χ3v) is 12.0. The van der Waals surface area contributed by atoms with Crippen LogP contribution in [-0.4, -0.2) is 36.8 Å². The molecule has 58 heavy (non-hydrogen) atoms. The lowest BCUT2D eigenvalue weighted by molar-refractivity contribution is 0.596. The highest BCUT2D eigenvalue weighted by Crippen LogP contribution is 2.34. The standard InChI is InChI=1S/2C20H14BrN3O4S/c2*21-14-5-1-11(2-6-14)13-9-16(12-3-7-15(8-4-12)29(22,27)28)18-17(10-13)19(25)24-20(26)23-18/h2*1-10H,(H2,22,27,28)(H2,23,24,25,26). The molecule has 2 aromatic heterocycles. The quantitative estimate of drug-likeness (QED) is 0.116. The summed E-state index contributed by atoms with van der Waals surface area (Å²) in [6.07, 6.45) is 0. The van der Waals surface area contributed by atoms with E-state index in [1.807, 2.05) is 60.7 Å². The van der Waals surface area contributed by atoms with E-state index in [1.54, 1.807) is 36.4 Å². The van der Waals surface area contributed by atoms with E-state index in [-0.39, 0.29) is 9.79 Å². The first-order chi connectivity index (χ1) is 27.4. The summed E-state index contributed by atoms with van der Waals surface area (Å²) in [5, 5.41) is 11.0. The maximum absolute atomic E-state index is 12.4. The van der Waals surface area contributed by atoms with Crippen LogP contribution in [0.1, 0.15) is 0 Å². The number of primary sulfonamides is 2. The summed E-state index contributed by atoms with van der Waals surface area (Å²) >= 11 is 6.79. The van der Waals surface area contributed by atoms with Gasteiger partial charge in [-0.05, 0) is 106 Å². The fraction of sp³-hybridized carbons (Fsp3) is 0. The highest BCUT2D eigenvalue weighted by molar-refractivity contribution is 9.10. The number of rotatable bonds is 6.